The van der Waals surface area contributed by atoms with Crippen molar-refractivity contribution in [3.8, 4) is 5.75 Å². The molecule has 3 nitrogen and oxygen atoms in total. The first-order valence-corrected chi connectivity index (χ1v) is 5.35. The average Bonchev–Trinajstić information content (AvgIpc) is 2.44. The van der Waals surface area contributed by atoms with Crippen LogP contribution in [0.2, 0.25) is 0 Å². The van der Waals surface area contributed by atoms with E-state index in [-0.39, 0.29) is 11.1 Å². The van der Waals surface area contributed by atoms with Crippen LogP contribution in [0.1, 0.15) is 17.2 Å². The van der Waals surface area contributed by atoms with Crippen LogP contribution in [0.4, 0.5) is 13.2 Å². The molecule has 19 heavy (non-hydrogen) atoms. The molecular formula is C13H10F3NO2. The van der Waals surface area contributed by atoms with Gasteiger partial charge in [-0.3, -0.25) is 4.98 Å². The Morgan fingerprint density at radius 2 is 1.89 bits per heavy atom. The molecule has 0 amide bonds. The third-order valence-electron chi connectivity index (χ3n) is 2.65. The first-order chi connectivity index (χ1) is 9.04. The van der Waals surface area contributed by atoms with Crippen molar-refractivity contribution in [3.05, 3.63) is 59.2 Å². The number of aliphatic hydroxyl groups excluding tert-OH is 1. The molecule has 2 aromatic rings. The normalized spacial score (nSPS) is 12.3. The van der Waals surface area contributed by atoms with Crippen LogP contribution in [-0.4, -0.2) is 17.2 Å². The highest BCUT2D eigenvalue weighted by molar-refractivity contribution is 5.33. The molecule has 6 heteroatoms. The second-order valence-electron chi connectivity index (χ2n) is 3.83. The van der Waals surface area contributed by atoms with Crippen molar-refractivity contribution in [1.82, 2.24) is 4.98 Å². The van der Waals surface area contributed by atoms with E-state index < -0.39 is 23.6 Å². The van der Waals surface area contributed by atoms with E-state index in [1.54, 1.807) is 0 Å². The molecule has 0 aliphatic rings. The zero-order valence-electron chi connectivity index (χ0n) is 9.90. The molecular weight excluding hydrogens is 259 g/mol. The van der Waals surface area contributed by atoms with Gasteiger partial charge in [0.15, 0.2) is 17.5 Å². The fourth-order valence-electron chi connectivity index (χ4n) is 1.63. The van der Waals surface area contributed by atoms with E-state index in [1.807, 2.05) is 0 Å². The van der Waals surface area contributed by atoms with E-state index in [0.29, 0.717) is 5.75 Å². The third kappa shape index (κ3) is 2.53. The summed E-state index contributed by atoms with van der Waals surface area (Å²) in [6.45, 7) is 0. The van der Waals surface area contributed by atoms with Crippen molar-refractivity contribution in [2.75, 3.05) is 7.11 Å². The first kappa shape index (κ1) is 13.4. The lowest BCUT2D eigenvalue weighted by molar-refractivity contribution is 0.211. The lowest BCUT2D eigenvalue weighted by atomic mass is 10.0. The molecule has 1 aromatic carbocycles. The van der Waals surface area contributed by atoms with Crippen LogP contribution in [0, 0.1) is 17.5 Å². The molecule has 0 saturated heterocycles. The van der Waals surface area contributed by atoms with Crippen LogP contribution < -0.4 is 4.74 Å². The van der Waals surface area contributed by atoms with Crippen LogP contribution in [0.5, 0.6) is 5.75 Å². The predicted octanol–water partition coefficient (Wildman–Crippen LogP) is 2.59. The summed E-state index contributed by atoms with van der Waals surface area (Å²) in [4.78, 5) is 3.80. The van der Waals surface area contributed by atoms with Gasteiger partial charge in [-0.15, -0.1) is 0 Å². The minimum absolute atomic E-state index is 0.212. The Hall–Kier alpha value is -2.08. The molecule has 2 rings (SSSR count). The Balaban J connectivity index is 2.44. The smallest absolute Gasteiger partial charge is 0.194 e. The molecule has 100 valence electrons. The predicted molar refractivity (Wildman–Crippen MR) is 61.2 cm³/mol. The second-order valence-corrected chi connectivity index (χ2v) is 3.83. The highest BCUT2D eigenvalue weighted by Crippen LogP contribution is 2.27. The summed E-state index contributed by atoms with van der Waals surface area (Å²) in [6.07, 6.45) is 1.23. The van der Waals surface area contributed by atoms with E-state index in [1.165, 1.54) is 25.6 Å². The van der Waals surface area contributed by atoms with Gasteiger partial charge in [0.1, 0.15) is 11.9 Å². The Morgan fingerprint density at radius 3 is 2.58 bits per heavy atom. The molecule has 0 fully saturated rings. The highest BCUT2D eigenvalue weighted by atomic mass is 19.2. The molecule has 0 saturated carbocycles. The fraction of sp³-hybridized carbons (Fsp3) is 0.154. The Labute approximate surface area is 107 Å². The highest BCUT2D eigenvalue weighted by Gasteiger charge is 2.21. The van der Waals surface area contributed by atoms with E-state index in [0.717, 1.165) is 12.1 Å². The van der Waals surface area contributed by atoms with Gasteiger partial charge in [-0.05, 0) is 12.1 Å². The van der Waals surface area contributed by atoms with E-state index in [2.05, 4.69) is 4.98 Å². The number of benzene rings is 1. The zero-order valence-corrected chi connectivity index (χ0v) is 9.90. The number of nitrogens with zero attached hydrogens (tertiary/aromatic N) is 1. The minimum Gasteiger partial charge on any atom is -0.495 e. The van der Waals surface area contributed by atoms with Gasteiger partial charge >= 0.3 is 0 Å². The van der Waals surface area contributed by atoms with Gasteiger partial charge in [0.05, 0.1) is 13.3 Å². The standard InChI is InChI=1S/C13H10F3NO2/c1-19-8-4-7(5-17-6-8)13(18)9-2-3-10(14)12(16)11(9)15/h2-6,13,18H,1H3. The van der Waals surface area contributed by atoms with Crippen molar-refractivity contribution in [1.29, 1.82) is 0 Å². The first-order valence-electron chi connectivity index (χ1n) is 5.35. The van der Waals surface area contributed by atoms with E-state index >= 15 is 0 Å². The number of rotatable bonds is 3. The van der Waals surface area contributed by atoms with Crippen LogP contribution in [-0.2, 0) is 0 Å². The van der Waals surface area contributed by atoms with Gasteiger partial charge in [0, 0.05) is 17.3 Å². The number of hydrogen-bond donors (Lipinski definition) is 1. The number of halogens is 3. The molecule has 1 atom stereocenters. The molecule has 0 aliphatic heterocycles. The fourth-order valence-corrected chi connectivity index (χ4v) is 1.63. The zero-order chi connectivity index (χ0) is 14.0. The molecule has 0 radical (unpaired) electrons. The second kappa shape index (κ2) is 5.27. The van der Waals surface area contributed by atoms with Crippen LogP contribution in [0.25, 0.3) is 0 Å². The van der Waals surface area contributed by atoms with Crippen molar-refractivity contribution in [2.24, 2.45) is 0 Å². The molecule has 0 bridgehead atoms. The van der Waals surface area contributed by atoms with E-state index in [9.17, 15) is 18.3 Å². The topological polar surface area (TPSA) is 42.4 Å². The van der Waals surface area contributed by atoms with Gasteiger partial charge in [-0.25, -0.2) is 13.2 Å². The van der Waals surface area contributed by atoms with Gasteiger partial charge in [-0.1, -0.05) is 6.07 Å². The molecule has 1 N–H and O–H groups in total. The summed E-state index contributed by atoms with van der Waals surface area (Å²) < 4.78 is 44.4. The van der Waals surface area contributed by atoms with Crippen molar-refractivity contribution >= 4 is 0 Å². The number of methoxy groups -OCH3 is 1. The maximum Gasteiger partial charge on any atom is 0.194 e. The minimum atomic E-state index is -1.62. The molecule has 0 spiro atoms. The molecule has 1 unspecified atom stereocenters. The Kier molecular flexibility index (Phi) is 3.71. The summed E-state index contributed by atoms with van der Waals surface area (Å²) in [5.74, 6) is -3.99. The molecule has 1 aromatic heterocycles. The number of hydrogen-bond acceptors (Lipinski definition) is 3. The molecule has 0 aliphatic carbocycles. The monoisotopic (exact) mass is 269 g/mol. The summed E-state index contributed by atoms with van der Waals surface area (Å²) in [5.41, 5.74) is -0.154. The Bertz CT molecular complexity index is 604. The molecule has 1 heterocycles. The lowest BCUT2D eigenvalue weighted by Gasteiger charge is -2.13. The van der Waals surface area contributed by atoms with Crippen molar-refractivity contribution in [2.45, 2.75) is 6.10 Å². The number of pyridine rings is 1. The van der Waals surface area contributed by atoms with Crippen LogP contribution in [0.15, 0.2) is 30.6 Å². The van der Waals surface area contributed by atoms with Crippen molar-refractivity contribution in [3.63, 3.8) is 0 Å². The van der Waals surface area contributed by atoms with Crippen molar-refractivity contribution < 1.29 is 23.0 Å². The van der Waals surface area contributed by atoms with Crippen LogP contribution in [0.3, 0.4) is 0 Å². The number of ether oxygens (including phenoxy) is 1. The summed E-state index contributed by atoms with van der Waals surface area (Å²) in [6, 6.07) is 3.17. The van der Waals surface area contributed by atoms with Crippen LogP contribution >= 0.6 is 0 Å². The SMILES string of the molecule is COc1cncc(C(O)c2ccc(F)c(F)c2F)c1. The van der Waals surface area contributed by atoms with E-state index in [4.69, 9.17) is 4.74 Å². The average molecular weight is 269 g/mol. The lowest BCUT2D eigenvalue weighted by Crippen LogP contribution is -2.06. The summed E-state index contributed by atoms with van der Waals surface area (Å²) in [5, 5.41) is 9.98. The third-order valence-corrected chi connectivity index (χ3v) is 2.65. The van der Waals surface area contributed by atoms with Gasteiger partial charge in [-0.2, -0.15) is 0 Å². The summed E-state index contributed by atoms with van der Waals surface area (Å²) >= 11 is 0. The largest absolute Gasteiger partial charge is 0.495 e. The maximum absolute atomic E-state index is 13.6. The van der Waals surface area contributed by atoms with Gasteiger partial charge in [0.25, 0.3) is 0 Å². The Morgan fingerprint density at radius 1 is 1.16 bits per heavy atom. The number of aromatic nitrogens is 1. The summed E-state index contributed by atoms with van der Waals surface area (Å²) in [7, 11) is 1.41. The maximum atomic E-state index is 13.6. The van der Waals surface area contributed by atoms with Gasteiger partial charge < -0.3 is 9.84 Å². The van der Waals surface area contributed by atoms with Gasteiger partial charge in [0.2, 0.25) is 0 Å². The quantitative estimate of drug-likeness (QED) is 0.871. The number of aliphatic hydroxyl groups is 1.